The van der Waals surface area contributed by atoms with Gasteiger partial charge in [-0.2, -0.15) is 0 Å². The Morgan fingerprint density at radius 3 is 2.81 bits per heavy atom. The molecule has 1 aromatic heterocycles. The number of nitrogens with one attached hydrogen (secondary N) is 1. The van der Waals surface area contributed by atoms with Gasteiger partial charge in [-0.25, -0.2) is 9.97 Å². The zero-order valence-corrected chi connectivity index (χ0v) is 14.2. The Bertz CT molecular complexity index is 468. The van der Waals surface area contributed by atoms with Gasteiger partial charge in [-0.1, -0.05) is 20.8 Å². The van der Waals surface area contributed by atoms with Crippen LogP contribution in [0.5, 0.6) is 0 Å². The minimum absolute atomic E-state index is 0.311. The van der Waals surface area contributed by atoms with Crippen molar-refractivity contribution >= 4 is 0 Å². The Morgan fingerprint density at radius 1 is 1.38 bits per heavy atom. The highest BCUT2D eigenvalue weighted by Crippen LogP contribution is 2.39. The van der Waals surface area contributed by atoms with E-state index < -0.39 is 0 Å². The summed E-state index contributed by atoms with van der Waals surface area (Å²) < 4.78 is 0. The van der Waals surface area contributed by atoms with Crippen LogP contribution in [0.3, 0.4) is 0 Å². The quantitative estimate of drug-likeness (QED) is 0.874. The highest BCUT2D eigenvalue weighted by atomic mass is 15.1. The number of hydrogen-bond donors (Lipinski definition) is 1. The number of aromatic nitrogens is 2. The van der Waals surface area contributed by atoms with Crippen LogP contribution >= 0.6 is 0 Å². The van der Waals surface area contributed by atoms with Crippen LogP contribution in [0, 0.1) is 5.41 Å². The van der Waals surface area contributed by atoms with Gasteiger partial charge in [0.2, 0.25) is 0 Å². The fourth-order valence-corrected chi connectivity index (χ4v) is 3.03. The van der Waals surface area contributed by atoms with Gasteiger partial charge in [0.15, 0.2) is 0 Å². The van der Waals surface area contributed by atoms with Crippen LogP contribution < -0.4 is 5.32 Å². The number of hydrogen-bond acceptors (Lipinski definition) is 4. The molecule has 0 radical (unpaired) electrons. The lowest BCUT2D eigenvalue weighted by Gasteiger charge is -2.36. The van der Waals surface area contributed by atoms with Gasteiger partial charge in [-0.05, 0) is 45.3 Å². The molecule has 0 fully saturated rings. The molecule has 1 unspecified atom stereocenters. The largest absolute Gasteiger partial charge is 0.310 e. The standard InChI is InChI=1S/C17H30N4/c1-6-8-18-14-10-17(2,3)11-15-13(14)12-19-16(20-15)7-9-21(4)5/h12,14,18H,6-11H2,1-5H3. The third-order valence-corrected chi connectivity index (χ3v) is 4.15. The molecule has 0 amide bonds. The third-order valence-electron chi connectivity index (χ3n) is 4.15. The fraction of sp³-hybridized carbons (Fsp3) is 0.765. The third kappa shape index (κ3) is 4.48. The van der Waals surface area contributed by atoms with Gasteiger partial charge >= 0.3 is 0 Å². The summed E-state index contributed by atoms with van der Waals surface area (Å²) in [4.78, 5) is 11.6. The number of nitrogens with zero attached hydrogens (tertiary/aromatic N) is 3. The number of rotatable bonds is 6. The van der Waals surface area contributed by atoms with Crippen LogP contribution in [-0.4, -0.2) is 42.1 Å². The van der Waals surface area contributed by atoms with Gasteiger partial charge in [-0.15, -0.1) is 0 Å². The Hall–Kier alpha value is -1.00. The Balaban J connectivity index is 2.19. The maximum atomic E-state index is 4.86. The highest BCUT2D eigenvalue weighted by Gasteiger charge is 2.33. The van der Waals surface area contributed by atoms with Gasteiger partial charge in [0.25, 0.3) is 0 Å². The van der Waals surface area contributed by atoms with Crippen LogP contribution in [0.15, 0.2) is 6.20 Å². The Labute approximate surface area is 129 Å². The zero-order valence-electron chi connectivity index (χ0n) is 14.2. The van der Waals surface area contributed by atoms with Crippen molar-refractivity contribution < 1.29 is 0 Å². The molecule has 2 rings (SSSR count). The van der Waals surface area contributed by atoms with E-state index in [9.17, 15) is 0 Å². The van der Waals surface area contributed by atoms with Crippen molar-refractivity contribution in [2.45, 2.75) is 52.5 Å². The van der Waals surface area contributed by atoms with E-state index in [0.717, 1.165) is 38.2 Å². The Morgan fingerprint density at radius 2 is 2.14 bits per heavy atom. The Kier molecular flexibility index (Phi) is 5.33. The van der Waals surface area contributed by atoms with Gasteiger partial charge < -0.3 is 10.2 Å². The van der Waals surface area contributed by atoms with Gasteiger partial charge in [-0.3, -0.25) is 0 Å². The van der Waals surface area contributed by atoms with Crippen molar-refractivity contribution in [1.82, 2.24) is 20.2 Å². The lowest BCUT2D eigenvalue weighted by atomic mass is 9.74. The minimum atomic E-state index is 0.311. The zero-order chi connectivity index (χ0) is 15.5. The average Bonchev–Trinajstić information content (AvgIpc) is 2.40. The molecule has 4 heteroatoms. The molecule has 1 aliphatic rings. The molecule has 0 saturated carbocycles. The summed E-state index contributed by atoms with van der Waals surface area (Å²) in [6.07, 6.45) is 6.38. The van der Waals surface area contributed by atoms with Crippen LogP contribution in [-0.2, 0) is 12.8 Å². The smallest absolute Gasteiger partial charge is 0.129 e. The first-order chi connectivity index (χ1) is 9.91. The summed E-state index contributed by atoms with van der Waals surface area (Å²) in [5, 5.41) is 3.66. The predicted molar refractivity (Wildman–Crippen MR) is 87.4 cm³/mol. The van der Waals surface area contributed by atoms with Gasteiger partial charge in [0, 0.05) is 36.5 Å². The summed E-state index contributed by atoms with van der Waals surface area (Å²) >= 11 is 0. The molecular weight excluding hydrogens is 260 g/mol. The number of fused-ring (bicyclic) bond motifs is 1. The normalized spacial score (nSPS) is 20.6. The van der Waals surface area contributed by atoms with E-state index in [0.29, 0.717) is 11.5 Å². The molecule has 4 nitrogen and oxygen atoms in total. The number of likely N-dealkylation sites (N-methyl/N-ethyl adjacent to an activating group) is 1. The molecule has 0 saturated heterocycles. The molecule has 1 aliphatic carbocycles. The van der Waals surface area contributed by atoms with E-state index in [1.54, 1.807) is 0 Å². The van der Waals surface area contributed by atoms with Crippen LogP contribution in [0.4, 0.5) is 0 Å². The average molecular weight is 290 g/mol. The van der Waals surface area contributed by atoms with Gasteiger partial charge in [0.05, 0.1) is 0 Å². The molecule has 1 atom stereocenters. The first kappa shape index (κ1) is 16.4. The monoisotopic (exact) mass is 290 g/mol. The van der Waals surface area contributed by atoms with Crippen molar-refractivity contribution in [1.29, 1.82) is 0 Å². The van der Waals surface area contributed by atoms with Gasteiger partial charge in [0.1, 0.15) is 5.82 Å². The fourth-order valence-electron chi connectivity index (χ4n) is 3.03. The van der Waals surface area contributed by atoms with E-state index >= 15 is 0 Å². The molecule has 118 valence electrons. The van der Waals surface area contributed by atoms with E-state index in [4.69, 9.17) is 4.98 Å². The molecular formula is C17H30N4. The molecule has 0 spiro atoms. The van der Waals surface area contributed by atoms with Crippen LogP contribution in [0.25, 0.3) is 0 Å². The summed E-state index contributed by atoms with van der Waals surface area (Å²) in [5.41, 5.74) is 2.88. The molecule has 1 N–H and O–H groups in total. The van der Waals surface area contributed by atoms with Crippen molar-refractivity contribution in [2.24, 2.45) is 5.41 Å². The maximum Gasteiger partial charge on any atom is 0.129 e. The summed E-state index contributed by atoms with van der Waals surface area (Å²) in [6, 6.07) is 0.409. The van der Waals surface area contributed by atoms with Crippen LogP contribution in [0.2, 0.25) is 0 Å². The van der Waals surface area contributed by atoms with Crippen molar-refractivity contribution in [3.63, 3.8) is 0 Å². The van der Waals surface area contributed by atoms with E-state index in [-0.39, 0.29) is 0 Å². The highest BCUT2D eigenvalue weighted by molar-refractivity contribution is 5.26. The van der Waals surface area contributed by atoms with Crippen LogP contribution in [0.1, 0.15) is 56.7 Å². The predicted octanol–water partition coefficient (Wildman–Crippen LogP) is 2.59. The molecule has 0 bridgehead atoms. The summed E-state index contributed by atoms with van der Waals surface area (Å²) in [5.74, 6) is 0.981. The summed E-state index contributed by atoms with van der Waals surface area (Å²) in [6.45, 7) is 8.96. The van der Waals surface area contributed by atoms with Crippen molar-refractivity contribution in [3.05, 3.63) is 23.3 Å². The maximum absolute atomic E-state index is 4.86. The second kappa shape index (κ2) is 6.84. The molecule has 21 heavy (non-hydrogen) atoms. The topological polar surface area (TPSA) is 41.1 Å². The summed E-state index contributed by atoms with van der Waals surface area (Å²) in [7, 11) is 4.18. The second-order valence-corrected chi connectivity index (χ2v) is 7.29. The molecule has 0 aliphatic heterocycles. The SMILES string of the molecule is CCCNC1CC(C)(C)Cc2nc(CCN(C)C)ncc21. The van der Waals surface area contributed by atoms with E-state index in [2.05, 4.69) is 56.3 Å². The van der Waals surface area contributed by atoms with E-state index in [1.807, 2.05) is 0 Å². The second-order valence-electron chi connectivity index (χ2n) is 7.29. The van der Waals surface area contributed by atoms with Crippen molar-refractivity contribution in [3.8, 4) is 0 Å². The van der Waals surface area contributed by atoms with E-state index in [1.165, 1.54) is 17.7 Å². The van der Waals surface area contributed by atoms with Crippen molar-refractivity contribution in [2.75, 3.05) is 27.2 Å². The molecule has 0 aromatic carbocycles. The first-order valence-corrected chi connectivity index (χ1v) is 8.14. The minimum Gasteiger partial charge on any atom is -0.310 e. The lowest BCUT2D eigenvalue weighted by Crippen LogP contribution is -2.34. The lowest BCUT2D eigenvalue weighted by molar-refractivity contribution is 0.253. The molecule has 1 aromatic rings. The first-order valence-electron chi connectivity index (χ1n) is 8.14. The molecule has 1 heterocycles.